The van der Waals surface area contributed by atoms with E-state index in [0.29, 0.717) is 40.2 Å². The molecule has 0 unspecified atom stereocenters. The molecule has 180 valence electrons. The highest BCUT2D eigenvalue weighted by atomic mass is 32.2. The topological polar surface area (TPSA) is 115 Å². The van der Waals surface area contributed by atoms with Gasteiger partial charge in [-0.05, 0) is 53.7 Å². The smallest absolute Gasteiger partial charge is 0.253 e. The van der Waals surface area contributed by atoms with Gasteiger partial charge in [0, 0.05) is 7.05 Å². The van der Waals surface area contributed by atoms with Crippen LogP contribution in [-0.4, -0.2) is 51.4 Å². The van der Waals surface area contributed by atoms with Crippen LogP contribution in [0, 0.1) is 0 Å². The molecule has 2 aromatic heterocycles. The van der Waals surface area contributed by atoms with Gasteiger partial charge in [0.2, 0.25) is 11.1 Å². The van der Waals surface area contributed by atoms with E-state index in [1.54, 1.807) is 54.4 Å². The Balaban J connectivity index is 1.44. The zero-order valence-electron chi connectivity index (χ0n) is 19.2. The van der Waals surface area contributed by atoms with Crippen LogP contribution in [0.15, 0.2) is 76.5 Å². The predicted octanol–water partition coefficient (Wildman–Crippen LogP) is 3.34. The van der Waals surface area contributed by atoms with Crippen LogP contribution in [0.4, 0.5) is 5.69 Å². The van der Waals surface area contributed by atoms with Gasteiger partial charge >= 0.3 is 0 Å². The number of hydrogen-bond donors (Lipinski definition) is 1. The minimum absolute atomic E-state index is 0.0655. The molecule has 4 aromatic rings. The van der Waals surface area contributed by atoms with Gasteiger partial charge in [-0.2, -0.15) is 4.68 Å². The van der Waals surface area contributed by atoms with Gasteiger partial charge in [0.15, 0.2) is 0 Å². The molecule has 4 rings (SSSR count). The molecular weight excluding hydrogens is 468 g/mol. The fraction of sp³-hybridized carbons (Fsp3) is 0.208. The number of carbonyl (C=O) groups is 2. The number of rotatable bonds is 10. The lowest BCUT2D eigenvalue weighted by molar-refractivity contribution is -0.115. The number of para-hydroxylation sites is 3. The van der Waals surface area contributed by atoms with Crippen LogP contribution < -0.4 is 15.0 Å². The molecule has 0 fully saturated rings. The van der Waals surface area contributed by atoms with Gasteiger partial charge < -0.3 is 19.4 Å². The van der Waals surface area contributed by atoms with Crippen molar-refractivity contribution in [3.63, 3.8) is 0 Å². The van der Waals surface area contributed by atoms with Gasteiger partial charge in [-0.1, -0.05) is 36.0 Å². The Hall–Kier alpha value is -4.12. The van der Waals surface area contributed by atoms with E-state index in [1.165, 1.54) is 16.7 Å². The Kier molecular flexibility index (Phi) is 7.78. The number of hydrogen-bond acceptors (Lipinski definition) is 8. The minimum Gasteiger partial charge on any atom is -0.492 e. The monoisotopic (exact) mass is 492 g/mol. The van der Waals surface area contributed by atoms with E-state index in [-0.39, 0.29) is 24.1 Å². The minimum atomic E-state index is -0.305. The maximum absolute atomic E-state index is 13.0. The summed E-state index contributed by atoms with van der Waals surface area (Å²) < 4.78 is 12.5. The van der Waals surface area contributed by atoms with Gasteiger partial charge in [-0.25, -0.2) is 0 Å². The molecule has 2 amide bonds. The fourth-order valence-corrected chi connectivity index (χ4v) is 4.12. The number of nitrogens with one attached hydrogen (secondary N) is 1. The number of aromatic nitrogens is 4. The third-order valence-corrected chi connectivity index (χ3v) is 5.95. The molecule has 11 heteroatoms. The number of furan rings is 1. The summed E-state index contributed by atoms with van der Waals surface area (Å²) in [5.41, 5.74) is 1.56. The first-order valence-electron chi connectivity index (χ1n) is 10.9. The van der Waals surface area contributed by atoms with Gasteiger partial charge in [-0.15, -0.1) is 5.10 Å². The molecule has 1 N–H and O–H groups in total. The third kappa shape index (κ3) is 5.69. The Bertz CT molecular complexity index is 1290. The highest BCUT2D eigenvalue weighted by Gasteiger charge is 2.20. The van der Waals surface area contributed by atoms with Gasteiger partial charge in [-0.3, -0.25) is 9.59 Å². The van der Waals surface area contributed by atoms with Crippen molar-refractivity contribution >= 4 is 29.3 Å². The quantitative estimate of drug-likeness (QED) is 0.335. The molecule has 2 heterocycles. The van der Waals surface area contributed by atoms with Crippen molar-refractivity contribution in [2.24, 2.45) is 0 Å². The van der Waals surface area contributed by atoms with E-state index in [9.17, 15) is 9.59 Å². The lowest BCUT2D eigenvalue weighted by atomic mass is 10.1. The van der Waals surface area contributed by atoms with E-state index in [0.717, 1.165) is 0 Å². The summed E-state index contributed by atoms with van der Waals surface area (Å²) in [5, 5.41) is 15.1. The zero-order valence-corrected chi connectivity index (χ0v) is 20.1. The summed E-state index contributed by atoms with van der Waals surface area (Å²) in [5.74, 6) is 0.827. The van der Waals surface area contributed by atoms with Gasteiger partial charge in [0.25, 0.3) is 5.91 Å². The molecule has 0 aliphatic heterocycles. The lowest BCUT2D eigenvalue weighted by Gasteiger charge is -2.20. The van der Waals surface area contributed by atoms with Crippen LogP contribution in [0.2, 0.25) is 0 Å². The molecule has 0 atom stereocenters. The maximum Gasteiger partial charge on any atom is 0.253 e. The summed E-state index contributed by atoms with van der Waals surface area (Å²) >= 11 is 1.20. The standard InChI is InChI=1S/C24H24N6O4S/c1-3-33-21-13-7-6-12-20(21)30-24(26-27-28-30)35-16-22(31)29(2)19-11-5-4-10-18(19)23(32)25-15-17-9-8-14-34-17/h4-14H,3,15-16H2,1-2H3,(H,25,32). The van der Waals surface area contributed by atoms with Crippen LogP contribution in [0.1, 0.15) is 23.0 Å². The largest absolute Gasteiger partial charge is 0.492 e. The van der Waals surface area contributed by atoms with Crippen molar-refractivity contribution in [2.45, 2.75) is 18.6 Å². The second-order valence-electron chi connectivity index (χ2n) is 7.29. The van der Waals surface area contributed by atoms with Crippen molar-refractivity contribution in [1.29, 1.82) is 0 Å². The maximum atomic E-state index is 13.0. The number of benzene rings is 2. The number of thioether (sulfide) groups is 1. The predicted molar refractivity (Wildman–Crippen MR) is 131 cm³/mol. The molecule has 0 saturated heterocycles. The molecule has 0 spiro atoms. The van der Waals surface area contributed by atoms with E-state index >= 15 is 0 Å². The van der Waals surface area contributed by atoms with Crippen molar-refractivity contribution in [3.8, 4) is 11.4 Å². The zero-order chi connectivity index (χ0) is 24.6. The fourth-order valence-electron chi connectivity index (χ4n) is 3.32. The first-order chi connectivity index (χ1) is 17.1. The number of anilines is 1. The summed E-state index contributed by atoms with van der Waals surface area (Å²) in [4.78, 5) is 27.3. The Morgan fingerprint density at radius 3 is 2.71 bits per heavy atom. The first-order valence-corrected chi connectivity index (χ1v) is 11.9. The second-order valence-corrected chi connectivity index (χ2v) is 8.24. The molecule has 0 bridgehead atoms. The summed E-state index contributed by atoms with van der Waals surface area (Å²) in [7, 11) is 1.63. The summed E-state index contributed by atoms with van der Waals surface area (Å²) in [6, 6.07) is 17.9. The lowest BCUT2D eigenvalue weighted by Crippen LogP contribution is -2.31. The van der Waals surface area contributed by atoms with Crippen molar-refractivity contribution in [1.82, 2.24) is 25.5 Å². The number of amides is 2. The first kappa shape index (κ1) is 24.0. The van der Waals surface area contributed by atoms with Crippen LogP contribution >= 0.6 is 11.8 Å². The normalized spacial score (nSPS) is 10.7. The second kappa shape index (κ2) is 11.3. The van der Waals surface area contributed by atoms with E-state index in [1.807, 2.05) is 31.2 Å². The number of ether oxygens (including phenoxy) is 1. The van der Waals surface area contributed by atoms with Crippen LogP contribution in [0.5, 0.6) is 5.75 Å². The molecule has 0 aliphatic rings. The molecule has 10 nitrogen and oxygen atoms in total. The van der Waals surface area contributed by atoms with Crippen LogP contribution in [0.3, 0.4) is 0 Å². The van der Waals surface area contributed by atoms with Crippen molar-refractivity contribution < 1.29 is 18.7 Å². The highest BCUT2D eigenvalue weighted by molar-refractivity contribution is 7.99. The highest BCUT2D eigenvalue weighted by Crippen LogP contribution is 2.27. The summed E-state index contributed by atoms with van der Waals surface area (Å²) in [6.45, 7) is 2.65. The van der Waals surface area contributed by atoms with Crippen LogP contribution in [-0.2, 0) is 11.3 Å². The molecular formula is C24H24N6O4S. The molecule has 0 saturated carbocycles. The number of tetrazole rings is 1. The summed E-state index contributed by atoms with van der Waals surface area (Å²) in [6.07, 6.45) is 1.55. The Morgan fingerprint density at radius 2 is 1.91 bits per heavy atom. The Labute approximate surface area is 206 Å². The van der Waals surface area contributed by atoms with E-state index < -0.39 is 0 Å². The molecule has 35 heavy (non-hydrogen) atoms. The van der Waals surface area contributed by atoms with E-state index in [2.05, 4.69) is 20.8 Å². The molecule has 2 aromatic carbocycles. The number of carbonyl (C=O) groups excluding carboxylic acids is 2. The number of nitrogens with zero attached hydrogens (tertiary/aromatic N) is 5. The third-order valence-electron chi connectivity index (χ3n) is 5.05. The van der Waals surface area contributed by atoms with Gasteiger partial charge in [0.1, 0.15) is 17.2 Å². The van der Waals surface area contributed by atoms with E-state index in [4.69, 9.17) is 9.15 Å². The average molecular weight is 493 g/mol. The average Bonchev–Trinajstić information content (AvgIpc) is 3.58. The molecule has 0 radical (unpaired) electrons. The SMILES string of the molecule is CCOc1ccccc1-n1nnnc1SCC(=O)N(C)c1ccccc1C(=O)NCc1ccco1. The van der Waals surface area contributed by atoms with Gasteiger partial charge in [0.05, 0.1) is 36.4 Å². The van der Waals surface area contributed by atoms with Crippen LogP contribution in [0.25, 0.3) is 5.69 Å². The molecule has 0 aliphatic carbocycles. The van der Waals surface area contributed by atoms with Crippen molar-refractivity contribution in [2.75, 3.05) is 24.3 Å². The Morgan fingerprint density at radius 1 is 1.11 bits per heavy atom. The van der Waals surface area contributed by atoms with Crippen molar-refractivity contribution in [3.05, 3.63) is 78.3 Å².